The molecule has 0 aromatic carbocycles. The normalized spacial score (nSPS) is 13.6. The first-order valence-electron chi connectivity index (χ1n) is 5.06. The van der Waals surface area contributed by atoms with Crippen molar-refractivity contribution < 1.29 is 18.3 Å². The molecule has 0 amide bonds. The minimum absolute atomic E-state index is 0.149. The number of aromatic nitrogens is 3. The monoisotopic (exact) mass is 257 g/mol. The van der Waals surface area contributed by atoms with Gasteiger partial charge in [-0.1, -0.05) is 0 Å². The number of hydrogen-bond donors (Lipinski definition) is 1. The Labute approximate surface area is 101 Å². The van der Waals surface area contributed by atoms with E-state index in [1.54, 1.807) is 11.6 Å². The number of aryl methyl sites for hydroxylation is 1. The van der Waals surface area contributed by atoms with E-state index in [0.717, 1.165) is 18.5 Å². The van der Waals surface area contributed by atoms with E-state index in [-0.39, 0.29) is 11.3 Å². The first-order valence-corrected chi connectivity index (χ1v) is 5.06. The van der Waals surface area contributed by atoms with Crippen LogP contribution in [0.2, 0.25) is 0 Å². The molecule has 0 aliphatic carbocycles. The highest BCUT2D eigenvalue weighted by atomic mass is 19.4. The van der Waals surface area contributed by atoms with Crippen LogP contribution in [0.1, 0.15) is 22.9 Å². The molecule has 1 atom stereocenters. The van der Waals surface area contributed by atoms with E-state index >= 15 is 0 Å². The van der Waals surface area contributed by atoms with Crippen molar-refractivity contribution in [3.8, 4) is 0 Å². The molecule has 2 aromatic rings. The molecule has 0 bridgehead atoms. The quantitative estimate of drug-likeness (QED) is 0.894. The highest BCUT2D eigenvalue weighted by Crippen LogP contribution is 2.35. The van der Waals surface area contributed by atoms with Gasteiger partial charge in [0.15, 0.2) is 0 Å². The molecule has 2 heterocycles. The number of aliphatic hydroxyl groups excluding tert-OH is 1. The largest absolute Gasteiger partial charge is 0.416 e. The minimum Gasteiger partial charge on any atom is -0.382 e. The summed E-state index contributed by atoms with van der Waals surface area (Å²) in [5.41, 5.74) is -1.06. The summed E-state index contributed by atoms with van der Waals surface area (Å²) in [5.74, 6) is 0. The van der Waals surface area contributed by atoms with Gasteiger partial charge in [0.25, 0.3) is 0 Å². The summed E-state index contributed by atoms with van der Waals surface area (Å²) in [6.45, 7) is 0. The van der Waals surface area contributed by atoms with E-state index in [2.05, 4.69) is 9.97 Å². The number of alkyl halides is 3. The van der Waals surface area contributed by atoms with Gasteiger partial charge in [0, 0.05) is 31.2 Å². The second-order valence-electron chi connectivity index (χ2n) is 3.83. The maximum Gasteiger partial charge on any atom is 0.416 e. The van der Waals surface area contributed by atoms with Crippen molar-refractivity contribution in [2.24, 2.45) is 7.05 Å². The number of imidazole rings is 1. The second-order valence-corrected chi connectivity index (χ2v) is 3.83. The summed E-state index contributed by atoms with van der Waals surface area (Å²) < 4.78 is 39.8. The smallest absolute Gasteiger partial charge is 0.382 e. The standard InChI is InChI=1S/C11H10F3N3O/c1-17-5-9(16-6-17)10(18)7-4-15-3-2-8(7)11(12,13)14/h2-6,10,18H,1H3. The maximum atomic E-state index is 12.8. The Hall–Kier alpha value is -1.89. The number of aliphatic hydroxyl groups is 1. The van der Waals surface area contributed by atoms with Crippen LogP contribution >= 0.6 is 0 Å². The highest BCUT2D eigenvalue weighted by Gasteiger charge is 2.35. The first kappa shape index (κ1) is 12.6. The predicted octanol–water partition coefficient (Wildman–Crippen LogP) is 1.92. The molecule has 1 N–H and O–H groups in total. The lowest BCUT2D eigenvalue weighted by Gasteiger charge is -2.15. The zero-order chi connectivity index (χ0) is 13.3. The molecule has 18 heavy (non-hydrogen) atoms. The maximum absolute atomic E-state index is 12.8. The van der Waals surface area contributed by atoms with Gasteiger partial charge in [-0.2, -0.15) is 13.2 Å². The number of nitrogens with zero attached hydrogens (tertiary/aromatic N) is 3. The average Bonchev–Trinajstić information content (AvgIpc) is 2.74. The summed E-state index contributed by atoms with van der Waals surface area (Å²) in [6, 6.07) is 0.835. The number of rotatable bonds is 2. The summed E-state index contributed by atoms with van der Waals surface area (Å²) in [4.78, 5) is 7.45. The van der Waals surface area contributed by atoms with E-state index in [0.29, 0.717) is 0 Å². The summed E-state index contributed by atoms with van der Waals surface area (Å²) in [7, 11) is 1.66. The SMILES string of the molecule is Cn1cnc(C(O)c2cnccc2C(F)(F)F)c1. The van der Waals surface area contributed by atoms with Crippen LogP contribution in [0, 0.1) is 0 Å². The highest BCUT2D eigenvalue weighted by molar-refractivity contribution is 5.32. The molecular weight excluding hydrogens is 247 g/mol. The third kappa shape index (κ3) is 2.35. The van der Waals surface area contributed by atoms with E-state index in [1.807, 2.05) is 0 Å². The molecule has 0 aliphatic rings. The number of halogens is 3. The van der Waals surface area contributed by atoms with Gasteiger partial charge in [-0.3, -0.25) is 4.98 Å². The van der Waals surface area contributed by atoms with E-state index in [4.69, 9.17) is 0 Å². The predicted molar refractivity (Wildman–Crippen MR) is 56.5 cm³/mol. The Kier molecular flexibility index (Phi) is 3.08. The van der Waals surface area contributed by atoms with Crippen molar-refractivity contribution in [3.05, 3.63) is 47.8 Å². The molecular formula is C11H10F3N3O. The van der Waals surface area contributed by atoms with Crippen LogP contribution in [0.3, 0.4) is 0 Å². The molecule has 0 saturated carbocycles. The van der Waals surface area contributed by atoms with Crippen molar-refractivity contribution in [2.75, 3.05) is 0 Å². The van der Waals surface area contributed by atoms with Crippen molar-refractivity contribution in [2.45, 2.75) is 12.3 Å². The molecule has 0 saturated heterocycles. The molecule has 7 heteroatoms. The molecule has 1 unspecified atom stereocenters. The van der Waals surface area contributed by atoms with Crippen LogP contribution in [0.4, 0.5) is 13.2 Å². The van der Waals surface area contributed by atoms with Gasteiger partial charge in [0.2, 0.25) is 0 Å². The van der Waals surface area contributed by atoms with Gasteiger partial charge < -0.3 is 9.67 Å². The lowest BCUT2D eigenvalue weighted by molar-refractivity contribution is -0.139. The summed E-state index contributed by atoms with van der Waals surface area (Å²) >= 11 is 0. The lowest BCUT2D eigenvalue weighted by atomic mass is 10.0. The zero-order valence-electron chi connectivity index (χ0n) is 9.39. The average molecular weight is 257 g/mol. The van der Waals surface area contributed by atoms with Crippen molar-refractivity contribution in [1.82, 2.24) is 14.5 Å². The van der Waals surface area contributed by atoms with Crippen molar-refractivity contribution >= 4 is 0 Å². The van der Waals surface area contributed by atoms with Crippen molar-refractivity contribution in [3.63, 3.8) is 0 Å². The van der Waals surface area contributed by atoms with Crippen LogP contribution in [0.25, 0.3) is 0 Å². The zero-order valence-corrected chi connectivity index (χ0v) is 9.39. The Morgan fingerprint density at radius 3 is 2.67 bits per heavy atom. The number of hydrogen-bond acceptors (Lipinski definition) is 3. The summed E-state index contributed by atoms with van der Waals surface area (Å²) in [5, 5.41) is 9.93. The topological polar surface area (TPSA) is 50.9 Å². The second kappa shape index (κ2) is 4.41. The van der Waals surface area contributed by atoms with Crippen LogP contribution in [0.15, 0.2) is 31.0 Å². The van der Waals surface area contributed by atoms with Gasteiger partial charge in [-0.05, 0) is 6.07 Å². The molecule has 0 aliphatic heterocycles. The van der Waals surface area contributed by atoms with E-state index in [9.17, 15) is 18.3 Å². The molecule has 0 fully saturated rings. The van der Waals surface area contributed by atoms with Gasteiger partial charge in [0.05, 0.1) is 17.6 Å². The Balaban J connectivity index is 2.45. The van der Waals surface area contributed by atoms with Crippen LogP contribution in [-0.2, 0) is 13.2 Å². The Morgan fingerprint density at radius 2 is 2.11 bits per heavy atom. The van der Waals surface area contributed by atoms with E-state index < -0.39 is 17.8 Å². The van der Waals surface area contributed by atoms with E-state index in [1.165, 1.54) is 12.5 Å². The Bertz CT molecular complexity index is 550. The lowest BCUT2D eigenvalue weighted by Crippen LogP contribution is -2.13. The van der Waals surface area contributed by atoms with Crippen LogP contribution in [0.5, 0.6) is 0 Å². The third-order valence-electron chi connectivity index (χ3n) is 2.46. The molecule has 96 valence electrons. The fourth-order valence-corrected chi connectivity index (χ4v) is 1.62. The number of pyridine rings is 1. The minimum atomic E-state index is -4.53. The molecule has 0 radical (unpaired) electrons. The fourth-order valence-electron chi connectivity index (χ4n) is 1.62. The summed E-state index contributed by atoms with van der Waals surface area (Å²) in [6.07, 6.45) is -1.08. The van der Waals surface area contributed by atoms with Gasteiger partial charge in [-0.25, -0.2) is 4.98 Å². The molecule has 0 spiro atoms. The first-order chi connectivity index (χ1) is 8.39. The molecule has 2 rings (SSSR count). The molecule has 4 nitrogen and oxygen atoms in total. The van der Waals surface area contributed by atoms with Gasteiger partial charge >= 0.3 is 6.18 Å². The molecule has 2 aromatic heterocycles. The van der Waals surface area contributed by atoms with Crippen LogP contribution in [-0.4, -0.2) is 19.6 Å². The van der Waals surface area contributed by atoms with Gasteiger partial charge in [-0.15, -0.1) is 0 Å². The van der Waals surface area contributed by atoms with Crippen molar-refractivity contribution in [1.29, 1.82) is 0 Å². The van der Waals surface area contributed by atoms with Gasteiger partial charge in [0.1, 0.15) is 6.10 Å². The Morgan fingerprint density at radius 1 is 1.39 bits per heavy atom. The van der Waals surface area contributed by atoms with Crippen LogP contribution < -0.4 is 0 Å². The third-order valence-corrected chi connectivity index (χ3v) is 2.46. The fraction of sp³-hybridized carbons (Fsp3) is 0.273.